The molecule has 1 atom stereocenters. The number of hydrogen-bond acceptors (Lipinski definition) is 2. The maximum Gasteiger partial charge on any atom is 0.150 e. The number of nitrogens with two attached hydrogens (primary N) is 1. The van der Waals surface area contributed by atoms with Crippen LogP contribution in [0.5, 0.6) is 0 Å². The van der Waals surface area contributed by atoms with Gasteiger partial charge in [0.15, 0.2) is 0 Å². The summed E-state index contributed by atoms with van der Waals surface area (Å²) in [6, 6.07) is 3.23. The molecule has 1 aromatic carbocycles. The molecule has 0 amide bonds. The van der Waals surface area contributed by atoms with Gasteiger partial charge in [0, 0.05) is 12.1 Å². The highest BCUT2D eigenvalue weighted by Crippen LogP contribution is 2.23. The van der Waals surface area contributed by atoms with Gasteiger partial charge in [0.25, 0.3) is 0 Å². The van der Waals surface area contributed by atoms with Gasteiger partial charge in [-0.3, -0.25) is 4.57 Å². The number of aromatic nitrogens is 2. The standard InChI is InChI=1S/C14H17F2N3/c1-9(2)5-12(17)14-7-18-8-19(14)13-4-3-10(15)6-11(13)16/h3-4,6-9,12H,5,17H2,1-2H3. The molecule has 0 saturated heterocycles. The molecule has 0 aliphatic carbocycles. The van der Waals surface area contributed by atoms with Gasteiger partial charge in [0.2, 0.25) is 0 Å². The first-order valence-electron chi connectivity index (χ1n) is 6.22. The Bertz CT molecular complexity index is 564. The number of rotatable bonds is 4. The molecule has 1 unspecified atom stereocenters. The Hall–Kier alpha value is -1.75. The van der Waals surface area contributed by atoms with Crippen LogP contribution in [0, 0.1) is 17.6 Å². The predicted molar refractivity (Wildman–Crippen MR) is 69.9 cm³/mol. The molecule has 0 fully saturated rings. The van der Waals surface area contributed by atoms with Gasteiger partial charge in [-0.2, -0.15) is 0 Å². The van der Waals surface area contributed by atoms with Crippen LogP contribution in [0.25, 0.3) is 5.69 Å². The third-order valence-electron chi connectivity index (χ3n) is 2.94. The molecule has 19 heavy (non-hydrogen) atoms. The molecule has 5 heteroatoms. The zero-order valence-corrected chi connectivity index (χ0v) is 11.0. The molecule has 0 saturated carbocycles. The van der Waals surface area contributed by atoms with E-state index in [1.165, 1.54) is 18.5 Å². The van der Waals surface area contributed by atoms with E-state index in [-0.39, 0.29) is 11.7 Å². The zero-order valence-electron chi connectivity index (χ0n) is 11.0. The van der Waals surface area contributed by atoms with Gasteiger partial charge in [-0.05, 0) is 24.5 Å². The van der Waals surface area contributed by atoms with Crippen LogP contribution >= 0.6 is 0 Å². The number of imidazole rings is 1. The summed E-state index contributed by atoms with van der Waals surface area (Å²) in [5, 5.41) is 0. The molecule has 3 nitrogen and oxygen atoms in total. The van der Waals surface area contributed by atoms with Crippen molar-refractivity contribution in [2.45, 2.75) is 26.3 Å². The summed E-state index contributed by atoms with van der Waals surface area (Å²) in [5.41, 5.74) is 7.08. The summed E-state index contributed by atoms with van der Waals surface area (Å²) in [5.74, 6) is -0.804. The summed E-state index contributed by atoms with van der Waals surface area (Å²) in [6.45, 7) is 4.14. The Morgan fingerprint density at radius 1 is 1.32 bits per heavy atom. The fourth-order valence-corrected chi connectivity index (χ4v) is 2.09. The third kappa shape index (κ3) is 2.98. The first-order chi connectivity index (χ1) is 8.99. The fourth-order valence-electron chi connectivity index (χ4n) is 2.09. The van der Waals surface area contributed by atoms with Crippen LogP contribution in [0.3, 0.4) is 0 Å². The molecule has 2 rings (SSSR count). The minimum absolute atomic E-state index is 0.230. The molecular weight excluding hydrogens is 248 g/mol. The lowest BCUT2D eigenvalue weighted by Crippen LogP contribution is -2.17. The van der Waals surface area contributed by atoms with Gasteiger partial charge in [-0.15, -0.1) is 0 Å². The second-order valence-electron chi connectivity index (χ2n) is 5.02. The highest BCUT2D eigenvalue weighted by Gasteiger charge is 2.16. The van der Waals surface area contributed by atoms with Crippen LogP contribution < -0.4 is 5.73 Å². The van der Waals surface area contributed by atoms with E-state index in [2.05, 4.69) is 18.8 Å². The van der Waals surface area contributed by atoms with Crippen molar-refractivity contribution < 1.29 is 8.78 Å². The van der Waals surface area contributed by atoms with Crippen molar-refractivity contribution in [3.8, 4) is 5.69 Å². The smallest absolute Gasteiger partial charge is 0.150 e. The zero-order chi connectivity index (χ0) is 14.0. The van der Waals surface area contributed by atoms with E-state index in [9.17, 15) is 8.78 Å². The lowest BCUT2D eigenvalue weighted by Gasteiger charge is -2.16. The SMILES string of the molecule is CC(C)CC(N)c1cncn1-c1ccc(F)cc1F. The van der Waals surface area contributed by atoms with Crippen LogP contribution in [-0.4, -0.2) is 9.55 Å². The third-order valence-corrected chi connectivity index (χ3v) is 2.94. The van der Waals surface area contributed by atoms with Crippen molar-refractivity contribution in [1.82, 2.24) is 9.55 Å². The van der Waals surface area contributed by atoms with Gasteiger partial charge in [0.05, 0.1) is 23.9 Å². The number of hydrogen-bond donors (Lipinski definition) is 1. The van der Waals surface area contributed by atoms with E-state index in [0.717, 1.165) is 18.2 Å². The van der Waals surface area contributed by atoms with Crippen molar-refractivity contribution in [2.75, 3.05) is 0 Å². The highest BCUT2D eigenvalue weighted by molar-refractivity contribution is 5.36. The van der Waals surface area contributed by atoms with Crippen LogP contribution in [-0.2, 0) is 0 Å². The van der Waals surface area contributed by atoms with E-state index >= 15 is 0 Å². The molecular formula is C14H17F2N3. The van der Waals surface area contributed by atoms with Crippen LogP contribution in [0.1, 0.15) is 32.0 Å². The average Bonchev–Trinajstić information content (AvgIpc) is 2.76. The van der Waals surface area contributed by atoms with Gasteiger partial charge in [0.1, 0.15) is 11.6 Å². The minimum atomic E-state index is -0.629. The van der Waals surface area contributed by atoms with Crippen molar-refractivity contribution in [3.63, 3.8) is 0 Å². The lowest BCUT2D eigenvalue weighted by atomic mass is 10.0. The predicted octanol–water partition coefficient (Wildman–Crippen LogP) is 3.20. The Labute approximate surface area is 111 Å². The van der Waals surface area contributed by atoms with E-state index in [0.29, 0.717) is 5.92 Å². The highest BCUT2D eigenvalue weighted by atomic mass is 19.1. The second-order valence-corrected chi connectivity index (χ2v) is 5.02. The molecule has 0 aliphatic heterocycles. The van der Waals surface area contributed by atoms with E-state index in [1.807, 2.05) is 0 Å². The molecule has 2 aromatic rings. The largest absolute Gasteiger partial charge is 0.323 e. The fraction of sp³-hybridized carbons (Fsp3) is 0.357. The molecule has 102 valence electrons. The number of nitrogens with zero attached hydrogens (tertiary/aromatic N) is 2. The van der Waals surface area contributed by atoms with Crippen LogP contribution in [0.2, 0.25) is 0 Å². The quantitative estimate of drug-likeness (QED) is 0.922. The van der Waals surface area contributed by atoms with Crippen molar-refractivity contribution in [1.29, 1.82) is 0 Å². The van der Waals surface area contributed by atoms with E-state index < -0.39 is 11.6 Å². The van der Waals surface area contributed by atoms with Crippen LogP contribution in [0.4, 0.5) is 8.78 Å². The van der Waals surface area contributed by atoms with Gasteiger partial charge < -0.3 is 5.73 Å². The summed E-state index contributed by atoms with van der Waals surface area (Å²) in [4.78, 5) is 4.01. The average molecular weight is 265 g/mol. The first-order valence-corrected chi connectivity index (χ1v) is 6.22. The Morgan fingerprint density at radius 3 is 2.68 bits per heavy atom. The summed E-state index contributed by atoms with van der Waals surface area (Å²) >= 11 is 0. The van der Waals surface area contributed by atoms with E-state index in [1.54, 1.807) is 10.8 Å². The Balaban J connectivity index is 2.38. The molecule has 1 heterocycles. The number of halogens is 2. The second kappa shape index (κ2) is 5.48. The lowest BCUT2D eigenvalue weighted by molar-refractivity contribution is 0.495. The molecule has 1 aromatic heterocycles. The van der Waals surface area contributed by atoms with Crippen LogP contribution in [0.15, 0.2) is 30.7 Å². The van der Waals surface area contributed by atoms with Gasteiger partial charge >= 0.3 is 0 Å². The Morgan fingerprint density at radius 2 is 2.05 bits per heavy atom. The van der Waals surface area contributed by atoms with E-state index in [4.69, 9.17) is 5.73 Å². The maximum absolute atomic E-state index is 13.8. The minimum Gasteiger partial charge on any atom is -0.323 e. The molecule has 0 radical (unpaired) electrons. The summed E-state index contributed by atoms with van der Waals surface area (Å²) in [6.07, 6.45) is 3.89. The monoisotopic (exact) mass is 265 g/mol. The summed E-state index contributed by atoms with van der Waals surface area (Å²) < 4.78 is 28.3. The normalized spacial score (nSPS) is 12.9. The van der Waals surface area contributed by atoms with Gasteiger partial charge in [-0.25, -0.2) is 13.8 Å². The topological polar surface area (TPSA) is 43.8 Å². The van der Waals surface area contributed by atoms with Gasteiger partial charge in [-0.1, -0.05) is 13.8 Å². The number of benzene rings is 1. The molecule has 0 aliphatic rings. The van der Waals surface area contributed by atoms with Crippen molar-refractivity contribution >= 4 is 0 Å². The summed E-state index contributed by atoms with van der Waals surface area (Å²) in [7, 11) is 0. The molecule has 2 N–H and O–H groups in total. The maximum atomic E-state index is 13.8. The molecule has 0 spiro atoms. The molecule has 0 bridgehead atoms. The first kappa shape index (κ1) is 13.7. The van der Waals surface area contributed by atoms with Crippen molar-refractivity contribution in [3.05, 3.63) is 48.1 Å². The Kier molecular flexibility index (Phi) is 3.95. The van der Waals surface area contributed by atoms with Crippen molar-refractivity contribution in [2.24, 2.45) is 11.7 Å².